The van der Waals surface area contributed by atoms with Crippen LogP contribution in [-0.2, 0) is 10.0 Å². The SMILES string of the molecule is Cc1ccc(S(=O)(=O)Nc2cnc(N3CCN(c4ccccn4)CC3)nc2)c(C)c1. The molecule has 3 aromatic rings. The minimum Gasteiger partial charge on any atom is -0.353 e. The van der Waals surface area contributed by atoms with E-state index < -0.39 is 10.0 Å². The average Bonchev–Trinajstić information content (AvgIpc) is 2.74. The Morgan fingerprint density at radius 1 is 0.900 bits per heavy atom. The number of rotatable bonds is 5. The first-order valence-corrected chi connectivity index (χ1v) is 11.2. The van der Waals surface area contributed by atoms with Crippen molar-refractivity contribution in [1.82, 2.24) is 15.0 Å². The zero-order valence-corrected chi connectivity index (χ0v) is 17.8. The fourth-order valence-corrected chi connectivity index (χ4v) is 4.78. The molecular weight excluding hydrogens is 400 g/mol. The van der Waals surface area contributed by atoms with Crippen LogP contribution in [0.4, 0.5) is 17.5 Å². The van der Waals surface area contributed by atoms with E-state index >= 15 is 0 Å². The molecule has 0 spiro atoms. The number of aromatic nitrogens is 3. The number of hydrogen-bond acceptors (Lipinski definition) is 7. The van der Waals surface area contributed by atoms with Gasteiger partial charge in [-0.2, -0.15) is 0 Å². The van der Waals surface area contributed by atoms with Gasteiger partial charge < -0.3 is 9.80 Å². The predicted molar refractivity (Wildman–Crippen MR) is 117 cm³/mol. The number of sulfonamides is 1. The third kappa shape index (κ3) is 4.35. The molecule has 0 bridgehead atoms. The van der Waals surface area contributed by atoms with Gasteiger partial charge in [0.1, 0.15) is 5.82 Å². The van der Waals surface area contributed by atoms with E-state index in [0.717, 1.165) is 37.6 Å². The second kappa shape index (κ2) is 8.27. The summed E-state index contributed by atoms with van der Waals surface area (Å²) in [5, 5.41) is 0. The van der Waals surface area contributed by atoms with Gasteiger partial charge in [-0.1, -0.05) is 23.8 Å². The molecule has 0 radical (unpaired) electrons. The van der Waals surface area contributed by atoms with E-state index in [-0.39, 0.29) is 4.90 Å². The summed E-state index contributed by atoms with van der Waals surface area (Å²) in [6.45, 7) is 6.89. The van der Waals surface area contributed by atoms with E-state index in [4.69, 9.17) is 0 Å². The molecule has 4 rings (SSSR count). The van der Waals surface area contributed by atoms with Crippen LogP contribution in [0.5, 0.6) is 0 Å². The summed E-state index contributed by atoms with van der Waals surface area (Å²) in [4.78, 5) is 17.7. The van der Waals surface area contributed by atoms with Gasteiger partial charge in [-0.15, -0.1) is 0 Å². The van der Waals surface area contributed by atoms with E-state index in [1.165, 1.54) is 12.4 Å². The van der Waals surface area contributed by atoms with Gasteiger partial charge in [-0.25, -0.2) is 23.4 Å². The monoisotopic (exact) mass is 424 g/mol. The quantitative estimate of drug-likeness (QED) is 0.673. The first kappa shape index (κ1) is 20.1. The normalized spacial score (nSPS) is 14.6. The molecule has 0 amide bonds. The highest BCUT2D eigenvalue weighted by molar-refractivity contribution is 7.92. The van der Waals surface area contributed by atoms with Crippen LogP contribution >= 0.6 is 0 Å². The van der Waals surface area contributed by atoms with Gasteiger partial charge in [0.15, 0.2) is 0 Å². The number of nitrogens with one attached hydrogen (secondary N) is 1. The van der Waals surface area contributed by atoms with Gasteiger partial charge in [0.2, 0.25) is 5.95 Å². The van der Waals surface area contributed by atoms with Crippen LogP contribution in [0.25, 0.3) is 0 Å². The van der Waals surface area contributed by atoms with Gasteiger partial charge in [0.25, 0.3) is 10.0 Å². The Bertz CT molecular complexity index is 1110. The Kier molecular flexibility index (Phi) is 5.54. The van der Waals surface area contributed by atoms with Crippen molar-refractivity contribution in [3.63, 3.8) is 0 Å². The van der Waals surface area contributed by atoms with Gasteiger partial charge in [0, 0.05) is 32.4 Å². The van der Waals surface area contributed by atoms with Crippen LogP contribution in [0.15, 0.2) is 59.9 Å². The number of benzene rings is 1. The molecule has 3 heterocycles. The predicted octanol–water partition coefficient (Wildman–Crippen LogP) is 2.62. The van der Waals surface area contributed by atoms with E-state index in [0.29, 0.717) is 17.2 Å². The zero-order valence-electron chi connectivity index (χ0n) is 17.0. The summed E-state index contributed by atoms with van der Waals surface area (Å²) in [6, 6.07) is 11.1. The van der Waals surface area contributed by atoms with E-state index in [1.807, 2.05) is 31.2 Å². The Morgan fingerprint density at radius 3 is 2.23 bits per heavy atom. The highest BCUT2D eigenvalue weighted by Crippen LogP contribution is 2.21. The lowest BCUT2D eigenvalue weighted by molar-refractivity contribution is 0.600. The van der Waals surface area contributed by atoms with Crippen molar-refractivity contribution in [3.8, 4) is 0 Å². The van der Waals surface area contributed by atoms with Gasteiger partial charge >= 0.3 is 0 Å². The smallest absolute Gasteiger partial charge is 0.262 e. The Labute approximate surface area is 176 Å². The molecule has 0 atom stereocenters. The maximum absolute atomic E-state index is 12.7. The molecule has 30 heavy (non-hydrogen) atoms. The van der Waals surface area contributed by atoms with Gasteiger partial charge in [0.05, 0.1) is 23.0 Å². The molecule has 0 unspecified atom stereocenters. The zero-order chi connectivity index (χ0) is 21.1. The summed E-state index contributed by atoms with van der Waals surface area (Å²) in [5.41, 5.74) is 2.05. The van der Waals surface area contributed by atoms with Crippen molar-refractivity contribution in [2.45, 2.75) is 18.7 Å². The molecule has 1 aromatic carbocycles. The molecule has 8 nitrogen and oxygen atoms in total. The summed E-state index contributed by atoms with van der Waals surface area (Å²) >= 11 is 0. The van der Waals surface area contributed by atoms with Crippen LogP contribution in [0.1, 0.15) is 11.1 Å². The summed E-state index contributed by atoms with van der Waals surface area (Å²) in [5.74, 6) is 1.55. The molecule has 0 saturated carbocycles. The molecule has 156 valence electrons. The fourth-order valence-electron chi connectivity index (χ4n) is 3.52. The van der Waals surface area contributed by atoms with Crippen molar-refractivity contribution in [1.29, 1.82) is 0 Å². The highest BCUT2D eigenvalue weighted by atomic mass is 32.2. The molecular formula is C21H24N6O2S. The first-order chi connectivity index (χ1) is 14.4. The molecule has 0 aliphatic carbocycles. The van der Waals surface area contributed by atoms with Crippen LogP contribution in [0.2, 0.25) is 0 Å². The van der Waals surface area contributed by atoms with E-state index in [2.05, 4.69) is 29.5 Å². The first-order valence-electron chi connectivity index (χ1n) is 9.75. The number of hydrogen-bond donors (Lipinski definition) is 1. The number of nitrogens with zero attached hydrogens (tertiary/aromatic N) is 5. The molecule has 1 saturated heterocycles. The van der Waals surface area contributed by atoms with E-state index in [9.17, 15) is 8.42 Å². The van der Waals surface area contributed by atoms with Crippen molar-refractivity contribution in [2.24, 2.45) is 0 Å². The molecule has 9 heteroatoms. The molecule has 1 fully saturated rings. The summed E-state index contributed by atoms with van der Waals surface area (Å²) in [6.07, 6.45) is 4.81. The van der Waals surface area contributed by atoms with Crippen molar-refractivity contribution in [3.05, 3.63) is 66.1 Å². The largest absolute Gasteiger partial charge is 0.353 e. The van der Waals surface area contributed by atoms with E-state index in [1.54, 1.807) is 25.3 Å². The lowest BCUT2D eigenvalue weighted by Crippen LogP contribution is -2.47. The number of anilines is 3. The average molecular weight is 425 g/mol. The van der Waals surface area contributed by atoms with Crippen molar-refractivity contribution >= 4 is 27.5 Å². The number of piperazine rings is 1. The highest BCUT2D eigenvalue weighted by Gasteiger charge is 2.21. The number of pyridine rings is 1. The Balaban J connectivity index is 1.41. The second-order valence-corrected chi connectivity index (χ2v) is 8.96. The molecule has 1 aliphatic heterocycles. The Morgan fingerprint density at radius 2 is 1.60 bits per heavy atom. The maximum atomic E-state index is 12.7. The third-order valence-corrected chi connectivity index (χ3v) is 6.59. The van der Waals surface area contributed by atoms with Gasteiger partial charge in [-0.3, -0.25) is 4.72 Å². The minimum absolute atomic E-state index is 0.253. The summed E-state index contributed by atoms with van der Waals surface area (Å²) in [7, 11) is -3.69. The lowest BCUT2D eigenvalue weighted by Gasteiger charge is -2.35. The standard InChI is InChI=1S/C21H24N6O2S/c1-16-6-7-19(17(2)13-16)30(28,29)25-18-14-23-21(24-15-18)27-11-9-26(10-12-27)20-5-3-4-8-22-20/h3-8,13-15,25H,9-12H2,1-2H3. The Hall–Kier alpha value is -3.20. The lowest BCUT2D eigenvalue weighted by atomic mass is 10.2. The minimum atomic E-state index is -3.69. The molecule has 1 N–H and O–H groups in total. The molecule has 1 aliphatic rings. The molecule has 2 aromatic heterocycles. The second-order valence-electron chi connectivity index (χ2n) is 7.31. The van der Waals surface area contributed by atoms with Crippen LogP contribution in [0.3, 0.4) is 0 Å². The third-order valence-electron chi connectivity index (χ3n) is 5.05. The number of aryl methyl sites for hydroxylation is 2. The van der Waals surface area contributed by atoms with Crippen molar-refractivity contribution < 1.29 is 8.42 Å². The topological polar surface area (TPSA) is 91.3 Å². The van der Waals surface area contributed by atoms with Crippen LogP contribution in [0, 0.1) is 13.8 Å². The fraction of sp³-hybridized carbons (Fsp3) is 0.286. The van der Waals surface area contributed by atoms with Crippen LogP contribution < -0.4 is 14.5 Å². The van der Waals surface area contributed by atoms with Crippen LogP contribution in [-0.4, -0.2) is 49.5 Å². The maximum Gasteiger partial charge on any atom is 0.262 e. The van der Waals surface area contributed by atoms with Crippen molar-refractivity contribution in [2.75, 3.05) is 40.7 Å². The van der Waals surface area contributed by atoms with Gasteiger partial charge in [-0.05, 0) is 37.6 Å². The summed E-state index contributed by atoms with van der Waals surface area (Å²) < 4.78 is 28.0.